The number of hydrogen-bond acceptors (Lipinski definition) is 3. The highest BCUT2D eigenvalue weighted by Gasteiger charge is 2.15. The molecule has 5 heteroatoms. The van der Waals surface area contributed by atoms with Gasteiger partial charge in [-0.25, -0.2) is 0 Å². The maximum Gasteiger partial charge on any atom is 0.167 e. The zero-order chi connectivity index (χ0) is 17.5. The summed E-state index contributed by atoms with van der Waals surface area (Å²) in [7, 11) is 1.65. The summed E-state index contributed by atoms with van der Waals surface area (Å²) >= 11 is 9.84. The first kappa shape index (κ1) is 19.1. The molecule has 2 aromatic carbocycles. The van der Waals surface area contributed by atoms with Crippen molar-refractivity contribution in [2.75, 3.05) is 13.7 Å². The van der Waals surface area contributed by atoms with Crippen molar-refractivity contribution < 1.29 is 9.47 Å². The molecule has 0 aliphatic rings. The minimum Gasteiger partial charge on any atom is -0.493 e. The van der Waals surface area contributed by atoms with Gasteiger partial charge in [0.25, 0.3) is 0 Å². The van der Waals surface area contributed by atoms with E-state index in [0.29, 0.717) is 29.8 Å². The average Bonchev–Trinajstić information content (AvgIpc) is 2.56. The van der Waals surface area contributed by atoms with Gasteiger partial charge in [-0.05, 0) is 30.7 Å². The van der Waals surface area contributed by atoms with E-state index >= 15 is 0 Å². The number of ether oxygens (including phenoxy) is 2. The first-order valence-corrected chi connectivity index (χ1v) is 9.12. The molecule has 3 nitrogen and oxygen atoms in total. The Hall–Kier alpha value is -1.23. The third-order valence-electron chi connectivity index (χ3n) is 3.57. The van der Waals surface area contributed by atoms with Crippen molar-refractivity contribution in [2.24, 2.45) is 5.92 Å². The topological polar surface area (TPSA) is 30.5 Å². The summed E-state index contributed by atoms with van der Waals surface area (Å²) in [4.78, 5) is 0. The summed E-state index contributed by atoms with van der Waals surface area (Å²) in [6, 6.07) is 11.6. The van der Waals surface area contributed by atoms with Crippen LogP contribution in [0.2, 0.25) is 5.02 Å². The fourth-order valence-corrected chi connectivity index (χ4v) is 2.96. The molecule has 0 radical (unpaired) electrons. The number of hydrogen-bond donors (Lipinski definition) is 1. The van der Waals surface area contributed by atoms with E-state index in [9.17, 15) is 0 Å². The minimum atomic E-state index is 0.393. The Balaban J connectivity index is 2.22. The van der Waals surface area contributed by atoms with E-state index in [-0.39, 0.29) is 0 Å². The third-order valence-corrected chi connectivity index (χ3v) is 4.68. The monoisotopic (exact) mass is 411 g/mol. The molecule has 2 aromatic rings. The molecule has 1 N–H and O–H groups in total. The summed E-state index contributed by atoms with van der Waals surface area (Å²) in [5.74, 6) is 2.04. The van der Waals surface area contributed by atoms with Crippen molar-refractivity contribution in [3.05, 3.63) is 57.0 Å². The molecule has 0 aliphatic heterocycles. The zero-order valence-electron chi connectivity index (χ0n) is 14.2. The molecule has 0 saturated heterocycles. The van der Waals surface area contributed by atoms with Crippen LogP contribution < -0.4 is 14.8 Å². The highest BCUT2D eigenvalue weighted by Crippen LogP contribution is 2.37. The summed E-state index contributed by atoms with van der Waals surface area (Å²) in [6.45, 7) is 6.40. The van der Waals surface area contributed by atoms with Gasteiger partial charge in [-0.1, -0.05) is 59.6 Å². The molecule has 0 aromatic heterocycles. The van der Waals surface area contributed by atoms with Crippen molar-refractivity contribution in [3.63, 3.8) is 0 Å². The SMILES string of the molecule is COc1ccc(Br)c(CNCC(C)C)c1OCc1ccccc1Cl. The summed E-state index contributed by atoms with van der Waals surface area (Å²) in [6.07, 6.45) is 0. The lowest BCUT2D eigenvalue weighted by atomic mass is 10.1. The van der Waals surface area contributed by atoms with Crippen LogP contribution in [0.5, 0.6) is 11.5 Å². The number of halogens is 2. The zero-order valence-corrected chi connectivity index (χ0v) is 16.6. The molecule has 24 heavy (non-hydrogen) atoms. The van der Waals surface area contributed by atoms with E-state index in [1.807, 2.05) is 36.4 Å². The lowest BCUT2D eigenvalue weighted by Gasteiger charge is -2.18. The number of nitrogens with one attached hydrogen (secondary N) is 1. The second-order valence-corrected chi connectivity index (χ2v) is 7.22. The first-order chi connectivity index (χ1) is 11.5. The second-order valence-electron chi connectivity index (χ2n) is 5.96. The van der Waals surface area contributed by atoms with Crippen molar-refractivity contribution in [1.29, 1.82) is 0 Å². The predicted molar refractivity (Wildman–Crippen MR) is 103 cm³/mol. The lowest BCUT2D eigenvalue weighted by Crippen LogP contribution is -2.20. The first-order valence-electron chi connectivity index (χ1n) is 7.95. The van der Waals surface area contributed by atoms with E-state index in [4.69, 9.17) is 21.1 Å². The fraction of sp³-hybridized carbons (Fsp3) is 0.368. The molecule has 130 valence electrons. The van der Waals surface area contributed by atoms with E-state index in [2.05, 4.69) is 35.1 Å². The molecule has 0 saturated carbocycles. The highest BCUT2D eigenvalue weighted by atomic mass is 79.9. The van der Waals surface area contributed by atoms with Crippen LogP contribution in [0.3, 0.4) is 0 Å². The number of rotatable bonds is 8. The normalized spacial score (nSPS) is 10.9. The second kappa shape index (κ2) is 9.30. The molecule has 0 amide bonds. The Morgan fingerprint density at radius 2 is 1.92 bits per heavy atom. The van der Waals surface area contributed by atoms with Crippen LogP contribution in [-0.2, 0) is 13.2 Å². The highest BCUT2D eigenvalue weighted by molar-refractivity contribution is 9.10. The van der Waals surface area contributed by atoms with Gasteiger partial charge >= 0.3 is 0 Å². The van der Waals surface area contributed by atoms with Crippen LogP contribution in [0.25, 0.3) is 0 Å². The molecule has 0 heterocycles. The predicted octanol–water partition coefficient (Wildman–Crippen LogP) is 5.44. The van der Waals surface area contributed by atoms with Gasteiger partial charge in [-0.15, -0.1) is 0 Å². The molecule has 0 spiro atoms. The Morgan fingerprint density at radius 3 is 2.58 bits per heavy atom. The number of methoxy groups -OCH3 is 1. The van der Waals surface area contributed by atoms with Gasteiger partial charge in [-0.3, -0.25) is 0 Å². The average molecular weight is 413 g/mol. The molecule has 0 atom stereocenters. The molecule has 0 bridgehead atoms. The quantitative estimate of drug-likeness (QED) is 0.626. The van der Waals surface area contributed by atoms with Crippen molar-refractivity contribution >= 4 is 27.5 Å². The smallest absolute Gasteiger partial charge is 0.167 e. The van der Waals surface area contributed by atoms with Crippen LogP contribution in [0.1, 0.15) is 25.0 Å². The largest absolute Gasteiger partial charge is 0.493 e. The summed E-state index contributed by atoms with van der Waals surface area (Å²) < 4.78 is 12.6. The minimum absolute atomic E-state index is 0.393. The molecular weight excluding hydrogens is 390 g/mol. The molecular formula is C19H23BrClNO2. The fourth-order valence-electron chi connectivity index (χ4n) is 2.32. The molecule has 2 rings (SSSR count). The van der Waals surface area contributed by atoms with Crippen molar-refractivity contribution in [1.82, 2.24) is 5.32 Å². The van der Waals surface area contributed by atoms with Crippen LogP contribution in [0, 0.1) is 5.92 Å². The van der Waals surface area contributed by atoms with Gasteiger partial charge in [0.1, 0.15) is 6.61 Å². The van der Waals surface area contributed by atoms with Crippen LogP contribution in [-0.4, -0.2) is 13.7 Å². The van der Waals surface area contributed by atoms with E-state index < -0.39 is 0 Å². The maximum absolute atomic E-state index is 6.22. The van der Waals surface area contributed by atoms with Gasteiger partial charge < -0.3 is 14.8 Å². The van der Waals surface area contributed by atoms with Gasteiger partial charge in [0, 0.05) is 27.2 Å². The summed E-state index contributed by atoms with van der Waals surface area (Å²) in [5, 5.41) is 4.15. The van der Waals surface area contributed by atoms with E-state index in [1.165, 1.54) is 0 Å². The molecule has 0 fully saturated rings. The Kier molecular flexibility index (Phi) is 7.40. The van der Waals surface area contributed by atoms with E-state index in [1.54, 1.807) is 7.11 Å². The molecule has 0 aliphatic carbocycles. The Labute approximate surface area is 157 Å². The molecule has 0 unspecified atom stereocenters. The Bertz CT molecular complexity index is 676. The summed E-state index contributed by atoms with van der Waals surface area (Å²) in [5.41, 5.74) is 1.99. The van der Waals surface area contributed by atoms with Gasteiger partial charge in [-0.2, -0.15) is 0 Å². The van der Waals surface area contributed by atoms with Gasteiger partial charge in [0.05, 0.1) is 7.11 Å². The van der Waals surface area contributed by atoms with Crippen molar-refractivity contribution in [2.45, 2.75) is 27.0 Å². The van der Waals surface area contributed by atoms with Gasteiger partial charge in [0.2, 0.25) is 0 Å². The third kappa shape index (κ3) is 5.13. The van der Waals surface area contributed by atoms with Crippen LogP contribution >= 0.6 is 27.5 Å². The van der Waals surface area contributed by atoms with E-state index in [0.717, 1.165) is 27.9 Å². The van der Waals surface area contributed by atoms with Crippen LogP contribution in [0.4, 0.5) is 0 Å². The standard InChI is InChI=1S/C19H23BrClNO2/c1-13(2)10-22-11-15-16(20)8-9-18(23-3)19(15)24-12-14-6-4-5-7-17(14)21/h4-9,13,22H,10-12H2,1-3H3. The van der Waals surface area contributed by atoms with Crippen molar-refractivity contribution in [3.8, 4) is 11.5 Å². The number of benzene rings is 2. The maximum atomic E-state index is 6.22. The Morgan fingerprint density at radius 1 is 1.17 bits per heavy atom. The van der Waals surface area contributed by atoms with Gasteiger partial charge in [0.15, 0.2) is 11.5 Å². The van der Waals surface area contributed by atoms with Crippen LogP contribution in [0.15, 0.2) is 40.9 Å². The lowest BCUT2D eigenvalue weighted by molar-refractivity contribution is 0.280.